The summed E-state index contributed by atoms with van der Waals surface area (Å²) in [7, 11) is 0. The molecule has 0 fully saturated rings. The number of aromatic nitrogens is 5. The number of rotatable bonds is 4. The number of anilines is 1. The van der Waals surface area contributed by atoms with Gasteiger partial charge in [0.1, 0.15) is 0 Å². The van der Waals surface area contributed by atoms with Crippen molar-refractivity contribution in [2.24, 2.45) is 0 Å². The molecule has 1 amide bonds. The van der Waals surface area contributed by atoms with E-state index in [-0.39, 0.29) is 11.4 Å². The summed E-state index contributed by atoms with van der Waals surface area (Å²) < 4.78 is 14.8. The molecular weight excluding hydrogens is 321 g/mol. The van der Waals surface area contributed by atoms with Crippen LogP contribution in [0.2, 0.25) is 0 Å². The van der Waals surface area contributed by atoms with E-state index >= 15 is 0 Å². The van der Waals surface area contributed by atoms with E-state index < -0.39 is 22.5 Å². The van der Waals surface area contributed by atoms with Crippen LogP contribution >= 0.6 is 0 Å². The maximum Gasteiger partial charge on any atom is 0.279 e. The zero-order valence-corrected chi connectivity index (χ0v) is 11.8. The van der Waals surface area contributed by atoms with Gasteiger partial charge in [0.05, 0.1) is 28.7 Å². The summed E-state index contributed by atoms with van der Waals surface area (Å²) in [4.78, 5) is 22.5. The molecule has 0 saturated heterocycles. The van der Waals surface area contributed by atoms with Gasteiger partial charge in [0, 0.05) is 12.1 Å². The molecule has 0 aliphatic heterocycles. The van der Waals surface area contributed by atoms with Gasteiger partial charge in [-0.25, -0.2) is 4.68 Å². The summed E-state index contributed by atoms with van der Waals surface area (Å²) in [5.74, 6) is -1.95. The second kappa shape index (κ2) is 6.16. The van der Waals surface area contributed by atoms with Gasteiger partial charge in [0.2, 0.25) is 0 Å². The monoisotopic (exact) mass is 329 g/mol. The highest BCUT2D eigenvalue weighted by molar-refractivity contribution is 6.03. The van der Waals surface area contributed by atoms with Crippen LogP contribution < -0.4 is 5.32 Å². The van der Waals surface area contributed by atoms with Crippen LogP contribution in [0.15, 0.2) is 42.7 Å². The third kappa shape index (κ3) is 2.90. The molecule has 1 aromatic carbocycles. The van der Waals surface area contributed by atoms with Crippen molar-refractivity contribution in [1.82, 2.24) is 25.2 Å². The minimum atomic E-state index is -1.11. The van der Waals surface area contributed by atoms with E-state index in [2.05, 4.69) is 25.8 Å². The number of amides is 1. The van der Waals surface area contributed by atoms with E-state index in [9.17, 15) is 19.3 Å². The first kappa shape index (κ1) is 15.1. The Morgan fingerprint density at radius 3 is 2.83 bits per heavy atom. The van der Waals surface area contributed by atoms with Gasteiger partial charge in [-0.3, -0.25) is 14.9 Å². The number of hydrogen-bond donors (Lipinski definition) is 1. The largest absolute Gasteiger partial charge is 0.319 e. The van der Waals surface area contributed by atoms with E-state index in [0.29, 0.717) is 5.69 Å². The van der Waals surface area contributed by atoms with Crippen LogP contribution in [0.1, 0.15) is 10.5 Å². The smallest absolute Gasteiger partial charge is 0.279 e. The Hall–Kier alpha value is -3.76. The van der Waals surface area contributed by atoms with Gasteiger partial charge in [0.15, 0.2) is 5.69 Å². The summed E-state index contributed by atoms with van der Waals surface area (Å²) in [5, 5.41) is 27.1. The van der Waals surface area contributed by atoms with Crippen molar-refractivity contribution in [3.05, 3.63) is 64.5 Å². The number of carbonyl (C=O) groups is 1. The fraction of sp³-hybridized carbons (Fsp3) is 0. The summed E-state index contributed by atoms with van der Waals surface area (Å²) >= 11 is 0. The molecule has 1 N–H and O–H groups in total. The maximum absolute atomic E-state index is 13.9. The predicted octanol–water partition coefficient (Wildman–Crippen LogP) is 1.36. The Morgan fingerprint density at radius 1 is 1.29 bits per heavy atom. The molecular formula is C13H8FN7O3. The van der Waals surface area contributed by atoms with Crippen LogP contribution in [0.25, 0.3) is 5.69 Å². The lowest BCUT2D eigenvalue weighted by Crippen LogP contribution is -2.18. The quantitative estimate of drug-likeness (QED) is 0.565. The lowest BCUT2D eigenvalue weighted by Gasteiger charge is -2.07. The molecule has 24 heavy (non-hydrogen) atoms. The number of halogens is 1. The third-order valence-corrected chi connectivity index (χ3v) is 2.97. The van der Waals surface area contributed by atoms with Crippen molar-refractivity contribution in [3.8, 4) is 5.69 Å². The fourth-order valence-corrected chi connectivity index (χ4v) is 1.93. The molecule has 0 bridgehead atoms. The predicted molar refractivity (Wildman–Crippen MR) is 78.0 cm³/mol. The summed E-state index contributed by atoms with van der Waals surface area (Å²) in [6, 6.07) is 6.70. The molecule has 0 aliphatic carbocycles. The fourth-order valence-electron chi connectivity index (χ4n) is 1.93. The molecule has 2 aromatic heterocycles. The third-order valence-electron chi connectivity index (χ3n) is 2.97. The highest BCUT2D eigenvalue weighted by atomic mass is 19.1. The Morgan fingerprint density at radius 2 is 2.12 bits per heavy atom. The molecule has 0 saturated carbocycles. The molecule has 3 aromatic rings. The van der Waals surface area contributed by atoms with Crippen molar-refractivity contribution in [1.29, 1.82) is 0 Å². The maximum atomic E-state index is 13.9. The minimum absolute atomic E-state index is 0.124. The lowest BCUT2D eigenvalue weighted by atomic mass is 10.2. The summed E-state index contributed by atoms with van der Waals surface area (Å²) in [6.45, 7) is 0. The number of carbonyl (C=O) groups excluding carboxylic acids is 1. The second-order valence-electron chi connectivity index (χ2n) is 4.50. The Labute approximate surface area is 133 Å². The van der Waals surface area contributed by atoms with Crippen LogP contribution in [0.4, 0.5) is 15.8 Å². The van der Waals surface area contributed by atoms with Crippen molar-refractivity contribution in [3.63, 3.8) is 0 Å². The van der Waals surface area contributed by atoms with Gasteiger partial charge in [-0.1, -0.05) is 16.4 Å². The van der Waals surface area contributed by atoms with Gasteiger partial charge in [-0.15, -0.1) is 0 Å². The Kier molecular flexibility index (Phi) is 3.89. The van der Waals surface area contributed by atoms with E-state index in [1.54, 1.807) is 0 Å². The standard InChI is InChI=1S/C13H8FN7O3/c14-12-11(13(22)17-8-4-5-15-16-7-8)20(19-18-12)9-2-1-3-10(6-9)21(23)24/h1-7H,(H,15,17,22). The first-order valence-electron chi connectivity index (χ1n) is 6.50. The van der Waals surface area contributed by atoms with Gasteiger partial charge >= 0.3 is 0 Å². The van der Waals surface area contributed by atoms with Crippen molar-refractivity contribution in [2.75, 3.05) is 5.32 Å². The molecule has 0 unspecified atom stereocenters. The van der Waals surface area contributed by atoms with Gasteiger partial charge in [0.25, 0.3) is 17.5 Å². The number of nitro benzene ring substituents is 1. The molecule has 2 heterocycles. The molecule has 11 heteroatoms. The van der Waals surface area contributed by atoms with Gasteiger partial charge in [-0.05, 0) is 12.1 Å². The average Bonchev–Trinajstić information content (AvgIpc) is 2.97. The summed E-state index contributed by atoms with van der Waals surface area (Å²) in [5.41, 5.74) is -0.305. The number of benzene rings is 1. The zero-order valence-electron chi connectivity index (χ0n) is 11.8. The lowest BCUT2D eigenvalue weighted by molar-refractivity contribution is -0.384. The van der Waals surface area contributed by atoms with Crippen LogP contribution in [-0.2, 0) is 0 Å². The van der Waals surface area contributed by atoms with E-state index in [4.69, 9.17) is 0 Å². The van der Waals surface area contributed by atoms with Crippen LogP contribution in [0.3, 0.4) is 0 Å². The van der Waals surface area contributed by atoms with Crippen LogP contribution in [0, 0.1) is 16.1 Å². The summed E-state index contributed by atoms with van der Waals surface area (Å²) in [6.07, 6.45) is 2.62. The molecule has 0 atom stereocenters. The average molecular weight is 329 g/mol. The highest BCUT2D eigenvalue weighted by Crippen LogP contribution is 2.19. The molecule has 3 rings (SSSR count). The minimum Gasteiger partial charge on any atom is -0.319 e. The van der Waals surface area contributed by atoms with Crippen LogP contribution in [0.5, 0.6) is 0 Å². The first-order valence-corrected chi connectivity index (χ1v) is 6.50. The Balaban J connectivity index is 1.98. The van der Waals surface area contributed by atoms with E-state index in [0.717, 1.165) is 10.7 Å². The molecule has 0 radical (unpaired) electrons. The van der Waals surface area contributed by atoms with Crippen molar-refractivity contribution in [2.45, 2.75) is 0 Å². The highest BCUT2D eigenvalue weighted by Gasteiger charge is 2.23. The number of hydrogen-bond acceptors (Lipinski definition) is 7. The van der Waals surface area contributed by atoms with Gasteiger partial charge < -0.3 is 5.32 Å². The topological polar surface area (TPSA) is 129 Å². The second-order valence-corrected chi connectivity index (χ2v) is 4.50. The van der Waals surface area contributed by atoms with Crippen molar-refractivity contribution >= 4 is 17.3 Å². The number of nitrogens with zero attached hydrogens (tertiary/aromatic N) is 6. The molecule has 10 nitrogen and oxygen atoms in total. The van der Waals surface area contributed by atoms with Gasteiger partial charge in [-0.2, -0.15) is 14.6 Å². The molecule has 0 aliphatic rings. The first-order chi connectivity index (χ1) is 11.6. The zero-order chi connectivity index (χ0) is 17.1. The normalized spacial score (nSPS) is 10.4. The van der Waals surface area contributed by atoms with E-state index in [1.807, 2.05) is 0 Å². The van der Waals surface area contributed by atoms with E-state index in [1.165, 1.54) is 36.7 Å². The Bertz CT molecular complexity index is 913. The molecule has 120 valence electrons. The number of nitro groups is 1. The number of non-ortho nitro benzene ring substituents is 1. The SMILES string of the molecule is O=C(Nc1ccnnc1)c1c(F)nnn1-c1cccc([N+](=O)[O-])c1. The molecule has 0 spiro atoms. The number of nitrogens with one attached hydrogen (secondary N) is 1. The van der Waals surface area contributed by atoms with Crippen molar-refractivity contribution < 1.29 is 14.1 Å². The van der Waals surface area contributed by atoms with Crippen LogP contribution in [-0.4, -0.2) is 36.0 Å².